The number of rotatable bonds is 3. The van der Waals surface area contributed by atoms with Crippen molar-refractivity contribution in [3.63, 3.8) is 0 Å². The molecule has 3 nitrogen and oxygen atoms in total. The predicted molar refractivity (Wildman–Crippen MR) is 62.1 cm³/mol. The highest BCUT2D eigenvalue weighted by molar-refractivity contribution is 6.76. The molecule has 0 bridgehead atoms. The second kappa shape index (κ2) is 4.28. The van der Waals surface area contributed by atoms with Crippen LogP contribution in [-0.4, -0.2) is 28.0 Å². The Morgan fingerprint density at radius 2 is 2.07 bits per heavy atom. The van der Waals surface area contributed by atoms with Crippen LogP contribution >= 0.6 is 34.8 Å². The van der Waals surface area contributed by atoms with E-state index in [1.807, 2.05) is 6.92 Å². The lowest BCUT2D eigenvalue weighted by atomic mass is 10.00. The van der Waals surface area contributed by atoms with E-state index in [2.05, 4.69) is 13.8 Å². The molecule has 1 rings (SSSR count). The first-order valence-corrected chi connectivity index (χ1v) is 5.76. The van der Waals surface area contributed by atoms with E-state index in [1.165, 1.54) is 0 Å². The Hall–Kier alpha value is 0.300. The molecule has 88 valence electrons. The van der Waals surface area contributed by atoms with Crippen LogP contribution in [0.4, 0.5) is 0 Å². The lowest BCUT2D eigenvalue weighted by Gasteiger charge is -2.15. The van der Waals surface area contributed by atoms with Gasteiger partial charge in [0, 0.05) is 0 Å². The summed E-state index contributed by atoms with van der Waals surface area (Å²) in [4.78, 5) is 0. The molecule has 0 aromatic rings. The third-order valence-corrected chi connectivity index (χ3v) is 2.82. The number of hydrogen-bond donors (Lipinski definition) is 1. The SMILES string of the molecule is CC(C)[C@@H]1O[C@]1(C)COC(=N)C(Cl)(Cl)Cl. The third kappa shape index (κ3) is 3.38. The van der Waals surface area contributed by atoms with E-state index >= 15 is 0 Å². The highest BCUT2D eigenvalue weighted by atomic mass is 35.6. The molecule has 1 fully saturated rings. The number of nitrogens with one attached hydrogen (secondary N) is 1. The summed E-state index contributed by atoms with van der Waals surface area (Å²) in [6.07, 6.45) is 0.153. The van der Waals surface area contributed by atoms with Gasteiger partial charge in [0.25, 0.3) is 3.79 Å². The van der Waals surface area contributed by atoms with Crippen molar-refractivity contribution >= 4 is 40.7 Å². The van der Waals surface area contributed by atoms with Gasteiger partial charge in [-0.25, -0.2) is 0 Å². The van der Waals surface area contributed by atoms with Gasteiger partial charge in [0.15, 0.2) is 0 Å². The summed E-state index contributed by atoms with van der Waals surface area (Å²) in [5, 5.41) is 7.35. The first-order chi connectivity index (χ1) is 6.67. The zero-order valence-electron chi connectivity index (χ0n) is 8.81. The van der Waals surface area contributed by atoms with Crippen molar-refractivity contribution in [2.24, 2.45) is 5.92 Å². The standard InChI is InChI=1S/C9H14Cl3NO2/c1-5(2)6-8(3,15-6)4-14-7(13)9(10,11)12/h5-6,13H,4H2,1-3H3/t6-,8+/m0/s1. The Labute approximate surface area is 104 Å². The summed E-state index contributed by atoms with van der Waals surface area (Å²) in [6.45, 7) is 6.29. The molecule has 1 saturated heterocycles. The summed E-state index contributed by atoms with van der Waals surface area (Å²) < 4.78 is 8.76. The zero-order valence-corrected chi connectivity index (χ0v) is 11.1. The highest BCUT2D eigenvalue weighted by Crippen LogP contribution is 2.41. The normalized spacial score (nSPS) is 30.5. The van der Waals surface area contributed by atoms with E-state index in [0.29, 0.717) is 5.92 Å². The van der Waals surface area contributed by atoms with E-state index in [0.717, 1.165) is 0 Å². The van der Waals surface area contributed by atoms with E-state index in [9.17, 15) is 0 Å². The van der Waals surface area contributed by atoms with E-state index < -0.39 is 3.79 Å². The van der Waals surface area contributed by atoms with Gasteiger partial charge in [-0.1, -0.05) is 48.7 Å². The van der Waals surface area contributed by atoms with Crippen LogP contribution in [-0.2, 0) is 9.47 Å². The van der Waals surface area contributed by atoms with Crippen molar-refractivity contribution in [3.8, 4) is 0 Å². The van der Waals surface area contributed by atoms with Gasteiger partial charge in [-0.15, -0.1) is 0 Å². The molecule has 0 radical (unpaired) electrons. The lowest BCUT2D eigenvalue weighted by Crippen LogP contribution is -2.28. The fourth-order valence-electron chi connectivity index (χ4n) is 1.51. The van der Waals surface area contributed by atoms with Gasteiger partial charge >= 0.3 is 0 Å². The average molecular weight is 275 g/mol. The third-order valence-electron chi connectivity index (χ3n) is 2.31. The fraction of sp³-hybridized carbons (Fsp3) is 0.889. The number of epoxide rings is 1. The maximum atomic E-state index is 7.35. The van der Waals surface area contributed by atoms with Crippen molar-refractivity contribution in [2.45, 2.75) is 36.3 Å². The van der Waals surface area contributed by atoms with Crippen LogP contribution in [0.2, 0.25) is 0 Å². The summed E-state index contributed by atoms with van der Waals surface area (Å²) in [5.41, 5.74) is -0.351. The van der Waals surface area contributed by atoms with Crippen LogP contribution in [0, 0.1) is 11.3 Å². The second-order valence-corrected chi connectivity index (χ2v) is 6.49. The summed E-state index contributed by atoms with van der Waals surface area (Å²) in [7, 11) is 0. The van der Waals surface area contributed by atoms with E-state index in [1.54, 1.807) is 0 Å². The molecular formula is C9H14Cl3NO2. The number of alkyl halides is 3. The van der Waals surface area contributed by atoms with Crippen molar-refractivity contribution < 1.29 is 9.47 Å². The van der Waals surface area contributed by atoms with Crippen molar-refractivity contribution in [1.29, 1.82) is 5.41 Å². The molecule has 1 aliphatic rings. The predicted octanol–water partition coefficient (Wildman–Crippen LogP) is 3.16. The molecular weight excluding hydrogens is 260 g/mol. The van der Waals surface area contributed by atoms with Crippen LogP contribution in [0.3, 0.4) is 0 Å². The molecule has 1 aliphatic heterocycles. The van der Waals surface area contributed by atoms with E-state index in [-0.39, 0.29) is 24.2 Å². The van der Waals surface area contributed by atoms with Crippen LogP contribution in [0.25, 0.3) is 0 Å². The smallest absolute Gasteiger partial charge is 0.265 e. The minimum atomic E-state index is -1.79. The van der Waals surface area contributed by atoms with Crippen molar-refractivity contribution in [2.75, 3.05) is 6.61 Å². The molecule has 0 amide bonds. The lowest BCUT2D eigenvalue weighted by molar-refractivity contribution is 0.188. The van der Waals surface area contributed by atoms with Gasteiger partial charge in [0.2, 0.25) is 5.90 Å². The molecule has 0 saturated carbocycles. The first-order valence-electron chi connectivity index (χ1n) is 4.63. The van der Waals surface area contributed by atoms with Crippen LogP contribution in [0.1, 0.15) is 20.8 Å². The number of hydrogen-bond acceptors (Lipinski definition) is 3. The Kier molecular flexibility index (Phi) is 3.82. The fourth-order valence-corrected chi connectivity index (χ4v) is 1.67. The Morgan fingerprint density at radius 1 is 1.53 bits per heavy atom. The maximum absolute atomic E-state index is 7.35. The molecule has 1 heterocycles. The Balaban J connectivity index is 2.37. The summed E-state index contributed by atoms with van der Waals surface area (Å²) >= 11 is 16.4. The average Bonchev–Trinajstić information content (AvgIpc) is 2.73. The second-order valence-electron chi connectivity index (χ2n) is 4.21. The van der Waals surface area contributed by atoms with Gasteiger partial charge in [-0.2, -0.15) is 0 Å². The molecule has 0 unspecified atom stereocenters. The maximum Gasteiger partial charge on any atom is 0.265 e. The molecule has 0 aromatic carbocycles. The van der Waals surface area contributed by atoms with E-state index in [4.69, 9.17) is 49.7 Å². The molecule has 0 spiro atoms. The zero-order chi connectivity index (χ0) is 11.9. The Morgan fingerprint density at radius 3 is 2.40 bits per heavy atom. The number of ether oxygens (including phenoxy) is 2. The molecule has 0 aromatic heterocycles. The number of halogens is 3. The van der Waals surface area contributed by atoms with Crippen LogP contribution in [0.15, 0.2) is 0 Å². The minimum absolute atomic E-state index is 0.153. The first kappa shape index (κ1) is 13.4. The molecule has 1 N–H and O–H groups in total. The van der Waals surface area contributed by atoms with Gasteiger partial charge in [-0.3, -0.25) is 5.41 Å². The summed E-state index contributed by atoms with van der Waals surface area (Å²) in [5.74, 6) is 0.0484. The van der Waals surface area contributed by atoms with Gasteiger partial charge < -0.3 is 9.47 Å². The molecule has 15 heavy (non-hydrogen) atoms. The quantitative estimate of drug-likeness (QED) is 0.372. The van der Waals surface area contributed by atoms with Crippen LogP contribution in [0.5, 0.6) is 0 Å². The Bertz CT molecular complexity index is 265. The van der Waals surface area contributed by atoms with Crippen LogP contribution < -0.4 is 0 Å². The minimum Gasteiger partial charge on any atom is -0.475 e. The largest absolute Gasteiger partial charge is 0.475 e. The summed E-state index contributed by atoms with van der Waals surface area (Å²) in [6, 6.07) is 0. The monoisotopic (exact) mass is 273 g/mol. The topological polar surface area (TPSA) is 45.6 Å². The van der Waals surface area contributed by atoms with Crippen molar-refractivity contribution in [3.05, 3.63) is 0 Å². The molecule has 0 aliphatic carbocycles. The molecule has 6 heteroatoms. The van der Waals surface area contributed by atoms with Gasteiger partial charge in [-0.05, 0) is 12.8 Å². The van der Waals surface area contributed by atoms with Gasteiger partial charge in [0.05, 0.1) is 6.10 Å². The van der Waals surface area contributed by atoms with Crippen molar-refractivity contribution in [1.82, 2.24) is 0 Å². The molecule has 2 atom stereocenters. The highest BCUT2D eigenvalue weighted by Gasteiger charge is 2.55. The van der Waals surface area contributed by atoms with Gasteiger partial charge in [0.1, 0.15) is 12.2 Å².